The summed E-state index contributed by atoms with van der Waals surface area (Å²) in [4.78, 5) is 53.7. The molecule has 1 saturated heterocycles. The Bertz CT molecular complexity index is 1210. The molecule has 1 fully saturated rings. The van der Waals surface area contributed by atoms with E-state index in [-0.39, 0.29) is 11.8 Å². The van der Waals surface area contributed by atoms with Crippen molar-refractivity contribution >= 4 is 34.6 Å². The number of para-hydroxylation sites is 2. The van der Waals surface area contributed by atoms with Crippen molar-refractivity contribution in [2.24, 2.45) is 5.92 Å². The lowest BCUT2D eigenvalue weighted by atomic mass is 10.0. The number of benzene rings is 2. The molecule has 8 nitrogen and oxygen atoms in total. The molecule has 0 radical (unpaired) electrons. The summed E-state index contributed by atoms with van der Waals surface area (Å²) in [5, 5.41) is 0. The number of piperazine rings is 1. The van der Waals surface area contributed by atoms with Gasteiger partial charge in [-0.15, -0.1) is 0 Å². The van der Waals surface area contributed by atoms with Crippen LogP contribution < -0.4 is 4.90 Å². The first-order valence-electron chi connectivity index (χ1n) is 11.2. The average Bonchev–Trinajstić information content (AvgIpc) is 3.09. The molecule has 3 heterocycles. The number of carbonyl (C=O) groups is 3. The van der Waals surface area contributed by atoms with Crippen LogP contribution in [0.3, 0.4) is 0 Å². The maximum atomic E-state index is 13.5. The molecule has 0 N–H and O–H groups in total. The van der Waals surface area contributed by atoms with Crippen LogP contribution >= 0.6 is 0 Å². The molecular weight excluding hydrogens is 418 g/mol. The van der Waals surface area contributed by atoms with Gasteiger partial charge in [-0.1, -0.05) is 38.1 Å². The smallest absolute Gasteiger partial charge is 0.262 e. The molecule has 0 spiro atoms. The molecule has 1 aromatic heterocycles. The summed E-state index contributed by atoms with van der Waals surface area (Å²) in [7, 11) is 0. The van der Waals surface area contributed by atoms with Crippen molar-refractivity contribution in [3.63, 3.8) is 0 Å². The number of anilines is 1. The fourth-order valence-electron chi connectivity index (χ4n) is 4.60. The zero-order valence-corrected chi connectivity index (χ0v) is 18.6. The Kier molecular flexibility index (Phi) is 5.28. The van der Waals surface area contributed by atoms with Gasteiger partial charge in [-0.3, -0.25) is 24.3 Å². The normalized spacial score (nSPS) is 17.1. The van der Waals surface area contributed by atoms with E-state index in [1.807, 2.05) is 38.1 Å². The van der Waals surface area contributed by atoms with Gasteiger partial charge in [0.15, 0.2) is 0 Å². The third kappa shape index (κ3) is 3.61. The Morgan fingerprint density at radius 1 is 0.848 bits per heavy atom. The SMILES string of the molecule is CC(C)C(C(=O)N1CCN(c2cnc3ccccc3n2)CC1)N1C(=O)c2ccccc2C1=O. The molecular formula is C25H25N5O3. The molecule has 3 amide bonds. The molecule has 0 bridgehead atoms. The maximum Gasteiger partial charge on any atom is 0.262 e. The Morgan fingerprint density at radius 3 is 2.03 bits per heavy atom. The van der Waals surface area contributed by atoms with Crippen LogP contribution in [0, 0.1) is 5.92 Å². The van der Waals surface area contributed by atoms with Gasteiger partial charge < -0.3 is 9.80 Å². The minimum atomic E-state index is -0.829. The lowest BCUT2D eigenvalue weighted by Crippen LogP contribution is -2.57. The second-order valence-electron chi connectivity index (χ2n) is 8.74. The first kappa shape index (κ1) is 21.1. The summed E-state index contributed by atoms with van der Waals surface area (Å²) >= 11 is 0. The summed E-state index contributed by atoms with van der Waals surface area (Å²) in [5.74, 6) is -0.408. The number of amides is 3. The summed E-state index contributed by atoms with van der Waals surface area (Å²) < 4.78 is 0. The summed E-state index contributed by atoms with van der Waals surface area (Å²) in [6, 6.07) is 13.6. The fourth-order valence-corrected chi connectivity index (χ4v) is 4.60. The van der Waals surface area contributed by atoms with Crippen LogP contribution in [-0.4, -0.2) is 69.7 Å². The molecule has 0 saturated carbocycles. The Hall–Kier alpha value is -3.81. The average molecular weight is 444 g/mol. The minimum absolute atomic E-state index is 0.191. The summed E-state index contributed by atoms with van der Waals surface area (Å²) in [5.41, 5.74) is 2.40. The number of fused-ring (bicyclic) bond motifs is 2. The van der Waals surface area contributed by atoms with Gasteiger partial charge in [0.05, 0.1) is 28.4 Å². The van der Waals surface area contributed by atoms with Crippen LogP contribution in [0.25, 0.3) is 11.0 Å². The van der Waals surface area contributed by atoms with Gasteiger partial charge in [-0.05, 0) is 30.2 Å². The number of imide groups is 1. The monoisotopic (exact) mass is 443 g/mol. The fraction of sp³-hybridized carbons (Fsp3) is 0.320. The molecule has 8 heteroatoms. The van der Waals surface area contributed by atoms with E-state index in [4.69, 9.17) is 4.98 Å². The Morgan fingerprint density at radius 2 is 1.42 bits per heavy atom. The van der Waals surface area contributed by atoms with Crippen molar-refractivity contribution in [3.05, 3.63) is 65.9 Å². The van der Waals surface area contributed by atoms with Crippen molar-refractivity contribution in [2.75, 3.05) is 31.1 Å². The van der Waals surface area contributed by atoms with Gasteiger partial charge in [0.25, 0.3) is 11.8 Å². The van der Waals surface area contributed by atoms with E-state index in [1.165, 1.54) is 0 Å². The minimum Gasteiger partial charge on any atom is -0.352 e. The lowest BCUT2D eigenvalue weighted by molar-refractivity contribution is -0.137. The predicted molar refractivity (Wildman–Crippen MR) is 124 cm³/mol. The van der Waals surface area contributed by atoms with E-state index in [0.717, 1.165) is 21.8 Å². The van der Waals surface area contributed by atoms with Crippen molar-refractivity contribution in [3.8, 4) is 0 Å². The number of rotatable bonds is 4. The molecule has 5 rings (SSSR count). The van der Waals surface area contributed by atoms with Gasteiger partial charge in [-0.25, -0.2) is 4.98 Å². The van der Waals surface area contributed by atoms with Crippen LogP contribution in [0.15, 0.2) is 54.7 Å². The number of hydrogen-bond donors (Lipinski definition) is 0. The third-order valence-corrected chi connectivity index (χ3v) is 6.34. The quantitative estimate of drug-likeness (QED) is 0.576. The second-order valence-corrected chi connectivity index (χ2v) is 8.74. The van der Waals surface area contributed by atoms with Gasteiger partial charge >= 0.3 is 0 Å². The van der Waals surface area contributed by atoms with Gasteiger partial charge in [0.1, 0.15) is 11.9 Å². The number of carbonyl (C=O) groups excluding carboxylic acids is 3. The van der Waals surface area contributed by atoms with E-state index in [9.17, 15) is 14.4 Å². The molecule has 33 heavy (non-hydrogen) atoms. The van der Waals surface area contributed by atoms with Gasteiger partial charge in [-0.2, -0.15) is 0 Å². The van der Waals surface area contributed by atoms with E-state index < -0.39 is 17.9 Å². The molecule has 3 aromatic rings. The second kappa shape index (κ2) is 8.27. The number of nitrogens with zero attached hydrogens (tertiary/aromatic N) is 5. The molecule has 2 aliphatic heterocycles. The molecule has 2 aliphatic rings. The first-order valence-corrected chi connectivity index (χ1v) is 11.2. The van der Waals surface area contributed by atoms with Gasteiger partial charge in [0.2, 0.25) is 5.91 Å². The molecule has 1 unspecified atom stereocenters. The van der Waals surface area contributed by atoms with Crippen LogP contribution in [0.1, 0.15) is 34.6 Å². The highest BCUT2D eigenvalue weighted by molar-refractivity contribution is 6.22. The molecule has 1 atom stereocenters. The Labute approximate surface area is 191 Å². The van der Waals surface area contributed by atoms with Crippen molar-refractivity contribution < 1.29 is 14.4 Å². The van der Waals surface area contributed by atoms with Crippen molar-refractivity contribution in [2.45, 2.75) is 19.9 Å². The van der Waals surface area contributed by atoms with Crippen LogP contribution in [0.5, 0.6) is 0 Å². The van der Waals surface area contributed by atoms with Crippen LogP contribution in [0.2, 0.25) is 0 Å². The van der Waals surface area contributed by atoms with Gasteiger partial charge in [0, 0.05) is 26.2 Å². The number of hydrogen-bond acceptors (Lipinski definition) is 6. The first-order chi connectivity index (χ1) is 16.0. The van der Waals surface area contributed by atoms with E-state index in [0.29, 0.717) is 37.3 Å². The van der Waals surface area contributed by atoms with E-state index in [1.54, 1.807) is 35.4 Å². The lowest BCUT2D eigenvalue weighted by Gasteiger charge is -2.39. The third-order valence-electron chi connectivity index (χ3n) is 6.34. The van der Waals surface area contributed by atoms with Crippen LogP contribution in [-0.2, 0) is 4.79 Å². The standard InChI is InChI=1S/C25H25N5O3/c1-16(2)22(30-23(31)17-7-3-4-8-18(17)24(30)32)25(33)29-13-11-28(12-14-29)21-15-26-19-9-5-6-10-20(19)27-21/h3-10,15-16,22H,11-14H2,1-2H3. The van der Waals surface area contributed by atoms with Crippen molar-refractivity contribution in [1.82, 2.24) is 19.8 Å². The zero-order chi connectivity index (χ0) is 23.1. The number of aromatic nitrogens is 2. The molecule has 0 aliphatic carbocycles. The summed E-state index contributed by atoms with van der Waals surface area (Å²) in [6.45, 7) is 5.91. The maximum absolute atomic E-state index is 13.5. The predicted octanol–water partition coefficient (Wildman–Crippen LogP) is 2.60. The summed E-state index contributed by atoms with van der Waals surface area (Å²) in [6.07, 6.45) is 1.76. The molecule has 168 valence electrons. The largest absolute Gasteiger partial charge is 0.352 e. The van der Waals surface area contributed by atoms with E-state index >= 15 is 0 Å². The highest BCUT2D eigenvalue weighted by Crippen LogP contribution is 2.28. The highest BCUT2D eigenvalue weighted by Gasteiger charge is 2.45. The van der Waals surface area contributed by atoms with E-state index in [2.05, 4.69) is 9.88 Å². The van der Waals surface area contributed by atoms with Crippen molar-refractivity contribution in [1.29, 1.82) is 0 Å². The Balaban J connectivity index is 1.32. The highest BCUT2D eigenvalue weighted by atomic mass is 16.2. The molecule has 2 aromatic carbocycles. The van der Waals surface area contributed by atoms with Crippen LogP contribution in [0.4, 0.5) is 5.82 Å². The topological polar surface area (TPSA) is 86.7 Å². The zero-order valence-electron chi connectivity index (χ0n) is 18.6.